The molecule has 2 aromatic rings. The second-order valence-electron chi connectivity index (χ2n) is 4.35. The molecule has 0 aromatic carbocycles. The fourth-order valence-electron chi connectivity index (χ4n) is 1.84. The van der Waals surface area contributed by atoms with Crippen LogP contribution in [0.3, 0.4) is 0 Å². The number of hydrogen-bond donors (Lipinski definition) is 1. The van der Waals surface area contributed by atoms with Crippen molar-refractivity contribution in [1.82, 2.24) is 9.55 Å². The summed E-state index contributed by atoms with van der Waals surface area (Å²) in [5, 5.41) is 13.5. The van der Waals surface area contributed by atoms with Gasteiger partial charge in [-0.05, 0) is 34.5 Å². The van der Waals surface area contributed by atoms with Gasteiger partial charge in [-0.2, -0.15) is 0 Å². The van der Waals surface area contributed by atoms with Crippen molar-refractivity contribution >= 4 is 33.3 Å². The van der Waals surface area contributed by atoms with Crippen molar-refractivity contribution in [3.05, 3.63) is 50.9 Å². The summed E-state index contributed by atoms with van der Waals surface area (Å²) in [6.07, 6.45) is 3.69. The van der Waals surface area contributed by atoms with E-state index in [2.05, 4.69) is 26.2 Å². The summed E-state index contributed by atoms with van der Waals surface area (Å²) < 4.78 is 2.37. The molecule has 0 radical (unpaired) electrons. The van der Waals surface area contributed by atoms with Crippen molar-refractivity contribution in [3.63, 3.8) is 0 Å². The van der Waals surface area contributed by atoms with Crippen molar-refractivity contribution in [1.29, 1.82) is 0 Å². The molecule has 1 N–H and O–H groups in total. The van der Waals surface area contributed by atoms with E-state index in [0.717, 1.165) is 10.9 Å². The van der Waals surface area contributed by atoms with Gasteiger partial charge in [0.1, 0.15) is 11.5 Å². The lowest BCUT2D eigenvalue weighted by Gasteiger charge is -2.07. The Kier molecular flexibility index (Phi) is 4.69. The van der Waals surface area contributed by atoms with Gasteiger partial charge in [-0.1, -0.05) is 6.92 Å². The summed E-state index contributed by atoms with van der Waals surface area (Å²) in [6.45, 7) is 2.47. The first-order valence-corrected chi connectivity index (χ1v) is 7.08. The van der Waals surface area contributed by atoms with Crippen molar-refractivity contribution < 1.29 is 9.72 Å². The molecule has 0 unspecified atom stereocenters. The van der Waals surface area contributed by atoms with Gasteiger partial charge in [0.05, 0.1) is 11.1 Å². The first kappa shape index (κ1) is 15.2. The highest BCUT2D eigenvalue weighted by Crippen LogP contribution is 2.18. The summed E-state index contributed by atoms with van der Waals surface area (Å²) >= 11 is 3.25. The molecule has 110 valence electrons. The van der Waals surface area contributed by atoms with Gasteiger partial charge in [-0.3, -0.25) is 14.9 Å². The summed E-state index contributed by atoms with van der Waals surface area (Å²) in [5.41, 5.74) is 0.144. The van der Waals surface area contributed by atoms with E-state index in [0.29, 0.717) is 12.4 Å². The van der Waals surface area contributed by atoms with Crippen LogP contribution in [0.5, 0.6) is 0 Å². The highest BCUT2D eigenvalue weighted by Gasteiger charge is 2.19. The number of aromatic nitrogens is 2. The molecule has 8 heteroatoms. The molecule has 0 atom stereocenters. The van der Waals surface area contributed by atoms with Crippen molar-refractivity contribution in [2.75, 3.05) is 5.32 Å². The average Bonchev–Trinajstić information content (AvgIpc) is 2.86. The van der Waals surface area contributed by atoms with Crippen molar-refractivity contribution in [3.8, 4) is 0 Å². The van der Waals surface area contributed by atoms with Crippen LogP contribution >= 0.6 is 15.9 Å². The lowest BCUT2D eigenvalue weighted by atomic mass is 10.3. The molecule has 0 bridgehead atoms. The van der Waals surface area contributed by atoms with E-state index in [1.54, 1.807) is 22.9 Å². The smallest absolute Gasteiger partial charge is 0.287 e. The molecular weight excluding hydrogens is 340 g/mol. The van der Waals surface area contributed by atoms with Crippen molar-refractivity contribution in [2.45, 2.75) is 19.9 Å². The van der Waals surface area contributed by atoms with Crippen LogP contribution in [0.25, 0.3) is 0 Å². The monoisotopic (exact) mass is 352 g/mol. The van der Waals surface area contributed by atoms with Gasteiger partial charge in [0.15, 0.2) is 0 Å². The Morgan fingerprint density at radius 3 is 2.86 bits per heavy atom. The van der Waals surface area contributed by atoms with Gasteiger partial charge in [-0.15, -0.1) is 0 Å². The zero-order valence-electron chi connectivity index (χ0n) is 11.2. The molecule has 7 nitrogen and oxygen atoms in total. The van der Waals surface area contributed by atoms with Crippen LogP contribution in [0.4, 0.5) is 11.5 Å². The maximum atomic E-state index is 12.2. The number of nitrogens with one attached hydrogen (secondary N) is 1. The lowest BCUT2D eigenvalue weighted by Crippen LogP contribution is -2.17. The molecule has 0 saturated carbocycles. The number of carbonyl (C=O) groups is 1. The maximum absolute atomic E-state index is 12.2. The number of halogens is 1. The van der Waals surface area contributed by atoms with E-state index >= 15 is 0 Å². The quantitative estimate of drug-likeness (QED) is 0.660. The van der Waals surface area contributed by atoms with Gasteiger partial charge >= 0.3 is 0 Å². The number of carbonyl (C=O) groups excluding carboxylic acids is 1. The van der Waals surface area contributed by atoms with Gasteiger partial charge in [0.2, 0.25) is 0 Å². The highest BCUT2D eigenvalue weighted by atomic mass is 79.9. The SMILES string of the molecule is CCCn1cc([N+](=O)[O-])cc1C(=O)Nc1ccc(Br)cn1. The number of rotatable bonds is 5. The van der Waals surface area contributed by atoms with E-state index in [1.165, 1.54) is 12.3 Å². The standard InChI is InChI=1S/C13H13BrN4O3/c1-2-5-17-8-10(18(20)21)6-11(17)13(19)16-12-4-3-9(14)7-15-12/h3-4,6-8H,2,5H2,1H3,(H,15,16,19). The van der Waals surface area contributed by atoms with Crippen LogP contribution in [-0.4, -0.2) is 20.4 Å². The van der Waals surface area contributed by atoms with Gasteiger partial charge in [0.25, 0.3) is 11.6 Å². The van der Waals surface area contributed by atoms with E-state index in [4.69, 9.17) is 0 Å². The Morgan fingerprint density at radius 1 is 1.52 bits per heavy atom. The number of pyridine rings is 1. The molecular formula is C13H13BrN4O3. The number of nitrogens with zero attached hydrogens (tertiary/aromatic N) is 3. The predicted molar refractivity (Wildman–Crippen MR) is 81.3 cm³/mol. The Morgan fingerprint density at radius 2 is 2.29 bits per heavy atom. The van der Waals surface area contributed by atoms with Crippen LogP contribution in [0, 0.1) is 10.1 Å². The zero-order valence-corrected chi connectivity index (χ0v) is 12.8. The first-order chi connectivity index (χ1) is 10.0. The van der Waals surface area contributed by atoms with E-state index in [-0.39, 0.29) is 11.4 Å². The fraction of sp³-hybridized carbons (Fsp3) is 0.231. The number of anilines is 1. The number of nitro groups is 1. The second kappa shape index (κ2) is 6.49. The molecule has 2 rings (SSSR count). The van der Waals surface area contributed by atoms with E-state index < -0.39 is 10.8 Å². The molecule has 0 aliphatic carbocycles. The van der Waals surface area contributed by atoms with Crippen molar-refractivity contribution in [2.24, 2.45) is 0 Å². The maximum Gasteiger partial charge on any atom is 0.287 e. The molecule has 0 spiro atoms. The Balaban J connectivity index is 2.25. The second-order valence-corrected chi connectivity index (χ2v) is 5.27. The largest absolute Gasteiger partial charge is 0.337 e. The lowest BCUT2D eigenvalue weighted by molar-refractivity contribution is -0.384. The molecule has 2 heterocycles. The summed E-state index contributed by atoms with van der Waals surface area (Å²) in [7, 11) is 0. The molecule has 0 aliphatic rings. The topological polar surface area (TPSA) is 90.1 Å². The van der Waals surface area contributed by atoms with Crippen LogP contribution in [0.1, 0.15) is 23.8 Å². The third-order valence-electron chi connectivity index (χ3n) is 2.76. The molecule has 0 aliphatic heterocycles. The Hall–Kier alpha value is -2.22. The predicted octanol–water partition coefficient (Wildman–Crippen LogP) is 3.22. The minimum absolute atomic E-state index is 0.0997. The average molecular weight is 353 g/mol. The van der Waals surface area contributed by atoms with E-state index in [1.807, 2.05) is 6.92 Å². The van der Waals surface area contributed by atoms with Crippen LogP contribution in [0.15, 0.2) is 35.1 Å². The molecule has 0 fully saturated rings. The minimum Gasteiger partial charge on any atom is -0.337 e. The minimum atomic E-state index is -0.513. The zero-order chi connectivity index (χ0) is 15.4. The number of aryl methyl sites for hydroxylation is 1. The Labute approximate surface area is 129 Å². The van der Waals surface area contributed by atoms with Gasteiger partial charge < -0.3 is 9.88 Å². The van der Waals surface area contributed by atoms with Crippen LogP contribution in [-0.2, 0) is 6.54 Å². The Bertz CT molecular complexity index is 667. The molecule has 21 heavy (non-hydrogen) atoms. The fourth-order valence-corrected chi connectivity index (χ4v) is 2.08. The number of hydrogen-bond acceptors (Lipinski definition) is 4. The summed E-state index contributed by atoms with van der Waals surface area (Å²) in [4.78, 5) is 26.6. The third-order valence-corrected chi connectivity index (χ3v) is 3.23. The van der Waals surface area contributed by atoms with Gasteiger partial charge in [-0.25, -0.2) is 4.98 Å². The summed E-state index contributed by atoms with van der Waals surface area (Å²) in [6, 6.07) is 4.66. The third kappa shape index (κ3) is 3.66. The van der Waals surface area contributed by atoms with Crippen LogP contribution < -0.4 is 5.32 Å². The number of amides is 1. The van der Waals surface area contributed by atoms with Crippen LogP contribution in [0.2, 0.25) is 0 Å². The van der Waals surface area contributed by atoms with Gasteiger partial charge in [0, 0.05) is 23.3 Å². The normalized spacial score (nSPS) is 10.4. The highest BCUT2D eigenvalue weighted by molar-refractivity contribution is 9.10. The molecule has 1 amide bonds. The molecule has 0 saturated heterocycles. The molecule has 2 aromatic heterocycles. The first-order valence-electron chi connectivity index (χ1n) is 6.28. The van der Waals surface area contributed by atoms with E-state index in [9.17, 15) is 14.9 Å². The summed E-state index contributed by atoms with van der Waals surface area (Å²) in [5.74, 6) is -0.0403.